The van der Waals surface area contributed by atoms with Gasteiger partial charge in [0.1, 0.15) is 11.8 Å². The third-order valence-electron chi connectivity index (χ3n) is 6.75. The van der Waals surface area contributed by atoms with Crippen LogP contribution in [0.2, 0.25) is 0 Å². The van der Waals surface area contributed by atoms with Crippen LogP contribution in [0.4, 0.5) is 0 Å². The summed E-state index contributed by atoms with van der Waals surface area (Å²) in [6.45, 7) is 0.979. The van der Waals surface area contributed by atoms with Crippen LogP contribution in [0.5, 0.6) is 5.75 Å². The van der Waals surface area contributed by atoms with Crippen LogP contribution in [0, 0.1) is 5.92 Å². The maximum absolute atomic E-state index is 13.1. The van der Waals surface area contributed by atoms with Crippen molar-refractivity contribution in [1.82, 2.24) is 30.5 Å². The van der Waals surface area contributed by atoms with Gasteiger partial charge in [-0.1, -0.05) is 11.3 Å². The lowest BCUT2D eigenvalue weighted by atomic mass is 9.80. The van der Waals surface area contributed by atoms with Crippen LogP contribution in [0.1, 0.15) is 59.2 Å². The molecule has 5 amide bonds. The minimum atomic E-state index is -1.03. The predicted molar refractivity (Wildman–Crippen MR) is 123 cm³/mol. The van der Waals surface area contributed by atoms with Crippen LogP contribution in [-0.4, -0.2) is 68.1 Å². The van der Waals surface area contributed by atoms with Gasteiger partial charge in [0.15, 0.2) is 0 Å². The Bertz CT molecular complexity index is 1210. The molecule has 0 bridgehead atoms. The number of hydrogen-bond acceptors (Lipinski definition) is 8. The number of nitrogens with one attached hydrogen (secondary N) is 2. The van der Waals surface area contributed by atoms with Crippen LogP contribution in [0.25, 0.3) is 0 Å². The molecule has 1 atom stereocenters. The van der Waals surface area contributed by atoms with E-state index in [1.165, 1.54) is 6.07 Å². The molecule has 2 aromatic rings. The number of ether oxygens (including phenoxy) is 1. The van der Waals surface area contributed by atoms with E-state index in [4.69, 9.17) is 4.74 Å². The summed E-state index contributed by atoms with van der Waals surface area (Å²) in [5.41, 5.74) is 0.259. The van der Waals surface area contributed by atoms with Crippen molar-refractivity contribution < 1.29 is 28.7 Å². The lowest BCUT2D eigenvalue weighted by Gasteiger charge is -2.35. The standard InChI is InChI=1S/C24H26N6O6/c31-19(26-15-11-14(12-15)13-29-9-8-25-28-29)5-2-10-36-18-4-1-3-16-21(18)24(35)30(23(16)34)17-6-7-20(32)27-22(17)33/h1,3-4,8-9,14-15,17H,2,5-7,10-13H2,(H,26,31)(H,27,32,33). The van der Waals surface area contributed by atoms with E-state index in [0.29, 0.717) is 12.3 Å². The van der Waals surface area contributed by atoms with Gasteiger partial charge in [0, 0.05) is 31.6 Å². The first-order chi connectivity index (χ1) is 17.4. The van der Waals surface area contributed by atoms with Gasteiger partial charge in [-0.2, -0.15) is 0 Å². The zero-order valence-electron chi connectivity index (χ0n) is 19.5. The molecule has 12 heteroatoms. The molecule has 2 N–H and O–H groups in total. The second-order valence-corrected chi connectivity index (χ2v) is 9.30. The summed E-state index contributed by atoms with van der Waals surface area (Å²) >= 11 is 0. The molecule has 188 valence electrons. The van der Waals surface area contributed by atoms with E-state index in [1.807, 2.05) is 6.20 Å². The number of hydrogen-bond donors (Lipinski definition) is 2. The number of nitrogens with zero attached hydrogens (tertiary/aromatic N) is 4. The summed E-state index contributed by atoms with van der Waals surface area (Å²) in [5.74, 6) is -1.65. The van der Waals surface area contributed by atoms with Crippen molar-refractivity contribution in [3.63, 3.8) is 0 Å². The summed E-state index contributed by atoms with van der Waals surface area (Å²) in [6.07, 6.45) is 6.12. The molecular formula is C24H26N6O6. The van der Waals surface area contributed by atoms with E-state index in [0.717, 1.165) is 24.3 Å². The Morgan fingerprint density at radius 2 is 2.00 bits per heavy atom. The fourth-order valence-corrected chi connectivity index (χ4v) is 4.92. The van der Waals surface area contributed by atoms with Gasteiger partial charge in [0.2, 0.25) is 17.7 Å². The van der Waals surface area contributed by atoms with Crippen molar-refractivity contribution in [3.8, 4) is 5.75 Å². The largest absolute Gasteiger partial charge is 0.493 e. The maximum atomic E-state index is 13.1. The zero-order valence-corrected chi connectivity index (χ0v) is 19.5. The molecule has 3 aliphatic rings. The second kappa shape index (κ2) is 9.88. The quantitative estimate of drug-likeness (QED) is 0.376. The normalized spacial score (nSPS) is 23.2. The van der Waals surface area contributed by atoms with Crippen LogP contribution < -0.4 is 15.4 Å². The van der Waals surface area contributed by atoms with Gasteiger partial charge in [-0.3, -0.25) is 38.9 Å². The number of carbonyl (C=O) groups excluding carboxylic acids is 5. The third-order valence-corrected chi connectivity index (χ3v) is 6.75. The average molecular weight is 495 g/mol. The van der Waals surface area contributed by atoms with E-state index in [9.17, 15) is 24.0 Å². The van der Waals surface area contributed by atoms with Crippen molar-refractivity contribution in [1.29, 1.82) is 0 Å². The van der Waals surface area contributed by atoms with Gasteiger partial charge in [0.05, 0.1) is 23.9 Å². The number of fused-ring (bicyclic) bond motifs is 1. The Balaban J connectivity index is 1.09. The molecule has 1 saturated heterocycles. The van der Waals surface area contributed by atoms with E-state index in [-0.39, 0.29) is 54.7 Å². The molecule has 12 nitrogen and oxygen atoms in total. The average Bonchev–Trinajstić information content (AvgIpc) is 3.43. The Morgan fingerprint density at radius 1 is 1.17 bits per heavy atom. The van der Waals surface area contributed by atoms with Crippen molar-refractivity contribution >= 4 is 29.5 Å². The summed E-state index contributed by atoms with van der Waals surface area (Å²) in [6, 6.07) is 3.82. The number of rotatable bonds is 9. The number of carbonyl (C=O) groups is 5. The Morgan fingerprint density at radius 3 is 2.75 bits per heavy atom. The first-order valence-corrected chi connectivity index (χ1v) is 12.0. The van der Waals surface area contributed by atoms with Crippen LogP contribution in [0.15, 0.2) is 30.6 Å². The molecular weight excluding hydrogens is 468 g/mol. The lowest BCUT2D eigenvalue weighted by Crippen LogP contribution is -2.54. The number of benzene rings is 1. The fourth-order valence-electron chi connectivity index (χ4n) is 4.92. The smallest absolute Gasteiger partial charge is 0.266 e. The molecule has 1 aromatic heterocycles. The topological polar surface area (TPSA) is 153 Å². The molecule has 0 radical (unpaired) electrons. The van der Waals surface area contributed by atoms with Gasteiger partial charge in [-0.05, 0) is 43.7 Å². The molecule has 36 heavy (non-hydrogen) atoms. The number of imide groups is 2. The molecule has 5 rings (SSSR count). The van der Waals surface area contributed by atoms with Crippen LogP contribution in [-0.2, 0) is 20.9 Å². The molecule has 0 spiro atoms. The van der Waals surface area contributed by atoms with E-state index in [2.05, 4.69) is 20.9 Å². The molecule has 1 aromatic carbocycles. The van der Waals surface area contributed by atoms with E-state index < -0.39 is 29.7 Å². The van der Waals surface area contributed by atoms with Gasteiger partial charge < -0.3 is 10.1 Å². The molecule has 1 unspecified atom stereocenters. The zero-order chi connectivity index (χ0) is 25.2. The minimum absolute atomic E-state index is 0.0541. The highest BCUT2D eigenvalue weighted by Crippen LogP contribution is 2.34. The number of amides is 5. The summed E-state index contributed by atoms with van der Waals surface area (Å²) in [4.78, 5) is 62.8. The summed E-state index contributed by atoms with van der Waals surface area (Å²) in [5, 5.41) is 12.9. The SMILES string of the molecule is O=C1CCC(N2C(=O)c3cccc(OCCCC(=O)NC4CC(Cn5ccnn5)C4)c3C2=O)C(=O)N1. The highest BCUT2D eigenvalue weighted by Gasteiger charge is 2.46. The monoisotopic (exact) mass is 494 g/mol. The Hall–Kier alpha value is -4.09. The van der Waals surface area contributed by atoms with Crippen molar-refractivity contribution in [3.05, 3.63) is 41.7 Å². The highest BCUT2D eigenvalue weighted by molar-refractivity contribution is 6.24. The molecule has 2 aliphatic heterocycles. The first-order valence-electron chi connectivity index (χ1n) is 12.0. The van der Waals surface area contributed by atoms with E-state index >= 15 is 0 Å². The predicted octanol–water partition coefficient (Wildman–Crippen LogP) is 0.433. The maximum Gasteiger partial charge on any atom is 0.266 e. The summed E-state index contributed by atoms with van der Waals surface area (Å²) < 4.78 is 7.56. The molecule has 2 fully saturated rings. The van der Waals surface area contributed by atoms with E-state index in [1.54, 1.807) is 23.0 Å². The molecule has 3 heterocycles. The molecule has 1 aliphatic carbocycles. The number of piperidine rings is 1. The van der Waals surface area contributed by atoms with Crippen molar-refractivity contribution in [2.24, 2.45) is 5.92 Å². The van der Waals surface area contributed by atoms with Crippen LogP contribution in [0.3, 0.4) is 0 Å². The third kappa shape index (κ3) is 4.70. The van der Waals surface area contributed by atoms with Gasteiger partial charge >= 0.3 is 0 Å². The second-order valence-electron chi connectivity index (χ2n) is 9.30. The lowest BCUT2D eigenvalue weighted by molar-refractivity contribution is -0.136. The Kier molecular flexibility index (Phi) is 6.49. The number of aromatic nitrogens is 3. The van der Waals surface area contributed by atoms with Gasteiger partial charge in [0.25, 0.3) is 11.8 Å². The van der Waals surface area contributed by atoms with Gasteiger partial charge in [-0.15, -0.1) is 5.10 Å². The first kappa shape index (κ1) is 23.6. The van der Waals surface area contributed by atoms with Crippen LogP contribution >= 0.6 is 0 Å². The summed E-state index contributed by atoms with van der Waals surface area (Å²) in [7, 11) is 0. The Labute approximate surface area is 206 Å². The highest BCUT2D eigenvalue weighted by atomic mass is 16.5. The van der Waals surface area contributed by atoms with Gasteiger partial charge in [-0.25, -0.2) is 0 Å². The van der Waals surface area contributed by atoms with Crippen molar-refractivity contribution in [2.75, 3.05) is 6.61 Å². The van der Waals surface area contributed by atoms with Crippen molar-refractivity contribution in [2.45, 2.75) is 57.2 Å². The minimum Gasteiger partial charge on any atom is -0.493 e. The fraction of sp³-hybridized carbons (Fsp3) is 0.458. The molecule has 1 saturated carbocycles.